The van der Waals surface area contributed by atoms with Gasteiger partial charge in [-0.3, -0.25) is 0 Å². The molecule has 1 aromatic heterocycles. The van der Waals surface area contributed by atoms with Crippen LogP contribution in [0.15, 0.2) is 6.33 Å². The number of methoxy groups -OCH3 is 1. The second kappa shape index (κ2) is 6.27. The van der Waals surface area contributed by atoms with Gasteiger partial charge in [0.1, 0.15) is 6.33 Å². The molecule has 5 nitrogen and oxygen atoms in total. The SMILES string of the molecule is CCNc1ncnc(NCCC(F)(F)F)c1OC. The fraction of sp³-hybridized carbons (Fsp3) is 0.600. The van der Waals surface area contributed by atoms with Crippen molar-refractivity contribution in [2.75, 3.05) is 30.8 Å². The summed E-state index contributed by atoms with van der Waals surface area (Å²) in [6.45, 7) is 2.23. The minimum Gasteiger partial charge on any atom is -0.490 e. The highest BCUT2D eigenvalue weighted by Gasteiger charge is 2.26. The van der Waals surface area contributed by atoms with Crippen LogP contribution in [0.25, 0.3) is 0 Å². The standard InChI is InChI=1S/C10H15F3N4O/c1-3-14-8-7(18-2)9(17-6-16-8)15-5-4-10(11,12)13/h6H,3-5H2,1-2H3,(H2,14,15,16,17). The van der Waals surface area contributed by atoms with E-state index in [0.717, 1.165) is 0 Å². The summed E-state index contributed by atoms with van der Waals surface area (Å²) < 4.78 is 41.2. The fourth-order valence-corrected chi connectivity index (χ4v) is 1.31. The van der Waals surface area contributed by atoms with Gasteiger partial charge in [0, 0.05) is 13.1 Å². The molecule has 1 rings (SSSR count). The monoisotopic (exact) mass is 264 g/mol. The predicted octanol–water partition coefficient (Wildman–Crippen LogP) is 2.28. The van der Waals surface area contributed by atoms with E-state index in [-0.39, 0.29) is 12.4 Å². The van der Waals surface area contributed by atoms with Crippen LogP contribution in [-0.4, -0.2) is 36.3 Å². The maximum absolute atomic E-state index is 12.0. The molecule has 8 heteroatoms. The van der Waals surface area contributed by atoms with Gasteiger partial charge in [0.25, 0.3) is 0 Å². The molecule has 0 bridgehead atoms. The van der Waals surface area contributed by atoms with Gasteiger partial charge in [-0.1, -0.05) is 0 Å². The van der Waals surface area contributed by atoms with Crippen LogP contribution in [0.4, 0.5) is 24.8 Å². The summed E-state index contributed by atoms with van der Waals surface area (Å²) in [7, 11) is 1.41. The summed E-state index contributed by atoms with van der Waals surface area (Å²) >= 11 is 0. The van der Waals surface area contributed by atoms with Gasteiger partial charge in [-0.15, -0.1) is 0 Å². The molecule has 0 amide bonds. The zero-order chi connectivity index (χ0) is 13.6. The largest absolute Gasteiger partial charge is 0.490 e. The number of aromatic nitrogens is 2. The second-order valence-electron chi connectivity index (χ2n) is 3.43. The Labute approximate surface area is 103 Å². The topological polar surface area (TPSA) is 59.1 Å². The maximum Gasteiger partial charge on any atom is 0.390 e. The molecular formula is C10H15F3N4O. The van der Waals surface area contributed by atoms with Crippen LogP contribution in [0.2, 0.25) is 0 Å². The molecule has 2 N–H and O–H groups in total. The van der Waals surface area contributed by atoms with Gasteiger partial charge >= 0.3 is 6.18 Å². The molecule has 0 aliphatic carbocycles. The van der Waals surface area contributed by atoms with E-state index in [2.05, 4.69) is 20.6 Å². The quantitative estimate of drug-likeness (QED) is 0.825. The third-order valence-corrected chi connectivity index (χ3v) is 2.05. The Morgan fingerprint density at radius 1 is 1.22 bits per heavy atom. The lowest BCUT2D eigenvalue weighted by Crippen LogP contribution is -2.16. The second-order valence-corrected chi connectivity index (χ2v) is 3.43. The van der Waals surface area contributed by atoms with E-state index < -0.39 is 12.6 Å². The molecule has 0 aromatic carbocycles. The summed E-state index contributed by atoms with van der Waals surface area (Å²) in [4.78, 5) is 7.80. The molecule has 18 heavy (non-hydrogen) atoms. The molecule has 0 fully saturated rings. The van der Waals surface area contributed by atoms with Crippen LogP contribution in [0.3, 0.4) is 0 Å². The summed E-state index contributed by atoms with van der Waals surface area (Å²) in [6, 6.07) is 0. The van der Waals surface area contributed by atoms with E-state index in [9.17, 15) is 13.2 Å². The molecule has 0 spiro atoms. The Bertz CT molecular complexity index is 384. The van der Waals surface area contributed by atoms with Crippen molar-refractivity contribution in [1.29, 1.82) is 0 Å². The third-order valence-electron chi connectivity index (χ3n) is 2.05. The van der Waals surface area contributed by atoms with Gasteiger partial charge in [0.05, 0.1) is 13.5 Å². The summed E-state index contributed by atoms with van der Waals surface area (Å²) in [5.41, 5.74) is 0. The highest BCUT2D eigenvalue weighted by Crippen LogP contribution is 2.29. The summed E-state index contributed by atoms with van der Waals surface area (Å²) in [5.74, 6) is 0.999. The van der Waals surface area contributed by atoms with Gasteiger partial charge in [0.2, 0.25) is 5.75 Å². The highest BCUT2D eigenvalue weighted by atomic mass is 19.4. The van der Waals surface area contributed by atoms with Gasteiger partial charge in [0.15, 0.2) is 11.6 Å². The van der Waals surface area contributed by atoms with Crippen molar-refractivity contribution in [3.05, 3.63) is 6.33 Å². The van der Waals surface area contributed by atoms with E-state index in [4.69, 9.17) is 4.74 Å². The number of rotatable bonds is 6. The Morgan fingerprint density at radius 2 is 1.83 bits per heavy atom. The van der Waals surface area contributed by atoms with Crippen LogP contribution < -0.4 is 15.4 Å². The van der Waals surface area contributed by atoms with Gasteiger partial charge < -0.3 is 15.4 Å². The number of hydrogen-bond acceptors (Lipinski definition) is 5. The Kier molecular flexibility index (Phi) is 4.99. The van der Waals surface area contributed by atoms with Crippen molar-refractivity contribution in [3.63, 3.8) is 0 Å². The summed E-state index contributed by atoms with van der Waals surface area (Å²) in [6.07, 6.45) is -3.87. The van der Waals surface area contributed by atoms with E-state index >= 15 is 0 Å². The third kappa shape index (κ3) is 4.27. The number of anilines is 2. The lowest BCUT2D eigenvalue weighted by Gasteiger charge is -2.14. The highest BCUT2D eigenvalue weighted by molar-refractivity contribution is 5.63. The van der Waals surface area contributed by atoms with Crippen molar-refractivity contribution in [2.24, 2.45) is 0 Å². The van der Waals surface area contributed by atoms with Crippen molar-refractivity contribution >= 4 is 11.6 Å². The molecule has 0 saturated carbocycles. The molecule has 1 aromatic rings. The minimum absolute atomic E-state index is 0.243. The smallest absolute Gasteiger partial charge is 0.390 e. The van der Waals surface area contributed by atoms with Crippen molar-refractivity contribution in [1.82, 2.24) is 9.97 Å². The molecule has 0 saturated heterocycles. The average Bonchev–Trinajstić information content (AvgIpc) is 2.28. The van der Waals surface area contributed by atoms with E-state index in [1.54, 1.807) is 0 Å². The molecule has 0 atom stereocenters. The normalized spacial score (nSPS) is 11.2. The fourth-order valence-electron chi connectivity index (χ4n) is 1.31. The lowest BCUT2D eigenvalue weighted by molar-refractivity contribution is -0.131. The number of halogens is 3. The first-order chi connectivity index (χ1) is 8.48. The zero-order valence-electron chi connectivity index (χ0n) is 10.1. The first-order valence-electron chi connectivity index (χ1n) is 5.41. The van der Waals surface area contributed by atoms with Crippen LogP contribution in [0.1, 0.15) is 13.3 Å². The predicted molar refractivity (Wildman–Crippen MR) is 61.9 cm³/mol. The summed E-state index contributed by atoms with van der Waals surface area (Å²) in [5, 5.41) is 5.52. The molecular weight excluding hydrogens is 249 g/mol. The van der Waals surface area contributed by atoms with Crippen molar-refractivity contribution < 1.29 is 17.9 Å². The Morgan fingerprint density at radius 3 is 2.33 bits per heavy atom. The minimum atomic E-state index is -4.20. The number of alkyl halides is 3. The molecule has 0 aliphatic heterocycles. The average molecular weight is 264 g/mol. The molecule has 102 valence electrons. The van der Waals surface area contributed by atoms with E-state index in [1.807, 2.05) is 6.92 Å². The molecule has 0 unspecified atom stereocenters. The van der Waals surface area contributed by atoms with Crippen LogP contribution >= 0.6 is 0 Å². The molecule has 1 heterocycles. The zero-order valence-corrected chi connectivity index (χ0v) is 10.1. The van der Waals surface area contributed by atoms with Gasteiger partial charge in [-0.05, 0) is 6.92 Å². The number of ether oxygens (including phenoxy) is 1. The first kappa shape index (κ1) is 14.3. The van der Waals surface area contributed by atoms with Crippen LogP contribution in [-0.2, 0) is 0 Å². The van der Waals surface area contributed by atoms with E-state index in [0.29, 0.717) is 18.1 Å². The van der Waals surface area contributed by atoms with Crippen molar-refractivity contribution in [2.45, 2.75) is 19.5 Å². The van der Waals surface area contributed by atoms with Crippen LogP contribution in [0, 0.1) is 0 Å². The first-order valence-corrected chi connectivity index (χ1v) is 5.41. The van der Waals surface area contributed by atoms with Gasteiger partial charge in [-0.25, -0.2) is 9.97 Å². The molecule has 0 aliphatic rings. The Balaban J connectivity index is 2.72. The Hall–Kier alpha value is -1.73. The lowest BCUT2D eigenvalue weighted by atomic mass is 10.4. The van der Waals surface area contributed by atoms with Crippen molar-refractivity contribution in [3.8, 4) is 5.75 Å². The number of nitrogens with one attached hydrogen (secondary N) is 2. The van der Waals surface area contributed by atoms with Crippen LogP contribution in [0.5, 0.6) is 5.75 Å². The number of nitrogens with zero attached hydrogens (tertiary/aromatic N) is 2. The maximum atomic E-state index is 12.0. The van der Waals surface area contributed by atoms with E-state index in [1.165, 1.54) is 13.4 Å². The van der Waals surface area contributed by atoms with Gasteiger partial charge in [-0.2, -0.15) is 13.2 Å². The molecule has 0 radical (unpaired) electrons. The number of hydrogen-bond donors (Lipinski definition) is 2.